The van der Waals surface area contributed by atoms with E-state index in [4.69, 9.17) is 0 Å². The van der Waals surface area contributed by atoms with Crippen molar-refractivity contribution in [2.75, 3.05) is 0 Å². The van der Waals surface area contributed by atoms with E-state index in [0.717, 1.165) is 23.5 Å². The molecule has 0 amide bonds. The van der Waals surface area contributed by atoms with Gasteiger partial charge in [-0.25, -0.2) is 9.97 Å². The second-order valence-electron chi connectivity index (χ2n) is 4.31. The average Bonchev–Trinajstić information content (AvgIpc) is 3.22. The highest BCUT2D eigenvalue weighted by atomic mass is 15.0. The molecule has 1 saturated carbocycles. The fourth-order valence-corrected chi connectivity index (χ4v) is 1.64. The van der Waals surface area contributed by atoms with Crippen LogP contribution >= 0.6 is 0 Å². The fourth-order valence-electron chi connectivity index (χ4n) is 1.64. The van der Waals surface area contributed by atoms with E-state index in [2.05, 4.69) is 20.3 Å². The number of aromatic nitrogens is 3. The summed E-state index contributed by atoms with van der Waals surface area (Å²) < 4.78 is 0. The van der Waals surface area contributed by atoms with Crippen LogP contribution in [-0.4, -0.2) is 21.0 Å². The average molecular weight is 226 g/mol. The molecule has 1 N–H and O–H groups in total. The molecule has 0 aromatic carbocycles. The molecule has 2 aromatic rings. The van der Waals surface area contributed by atoms with Crippen LogP contribution in [0.25, 0.3) is 11.4 Å². The topological polar surface area (TPSA) is 50.7 Å². The lowest BCUT2D eigenvalue weighted by molar-refractivity contribution is 0.683. The van der Waals surface area contributed by atoms with Crippen molar-refractivity contribution < 1.29 is 0 Å². The first kappa shape index (κ1) is 10.4. The molecule has 3 rings (SSSR count). The molecular weight excluding hydrogens is 212 g/mol. The van der Waals surface area contributed by atoms with Crippen LogP contribution in [0.2, 0.25) is 0 Å². The third-order valence-electron chi connectivity index (χ3n) is 2.80. The maximum atomic E-state index is 4.36. The Morgan fingerprint density at radius 2 is 2.00 bits per heavy atom. The highest BCUT2D eigenvalue weighted by Crippen LogP contribution is 2.19. The number of nitrogens with zero attached hydrogens (tertiary/aromatic N) is 3. The standard InChI is InChI=1S/C13H14N4/c1-2-11(9-14-5-1)13-16-7-10(8-17-13)6-15-12-3-4-12/h1-2,5,7-9,12,15H,3-4,6H2. The smallest absolute Gasteiger partial charge is 0.160 e. The summed E-state index contributed by atoms with van der Waals surface area (Å²) >= 11 is 0. The van der Waals surface area contributed by atoms with Gasteiger partial charge in [0.05, 0.1) is 0 Å². The molecule has 17 heavy (non-hydrogen) atoms. The SMILES string of the molecule is c1cncc(-c2ncc(CNC3CC3)cn2)c1. The van der Waals surface area contributed by atoms with E-state index in [9.17, 15) is 0 Å². The van der Waals surface area contributed by atoms with Crippen LogP contribution in [0.5, 0.6) is 0 Å². The van der Waals surface area contributed by atoms with Crippen LogP contribution in [0, 0.1) is 0 Å². The molecule has 2 heterocycles. The van der Waals surface area contributed by atoms with Gasteiger partial charge in [0.15, 0.2) is 5.82 Å². The van der Waals surface area contributed by atoms with Crippen LogP contribution in [0.3, 0.4) is 0 Å². The van der Waals surface area contributed by atoms with E-state index in [1.807, 2.05) is 24.5 Å². The van der Waals surface area contributed by atoms with Gasteiger partial charge >= 0.3 is 0 Å². The van der Waals surface area contributed by atoms with Crippen LogP contribution < -0.4 is 5.32 Å². The minimum absolute atomic E-state index is 0.716. The Labute approximate surface area is 100 Å². The molecule has 2 aromatic heterocycles. The minimum Gasteiger partial charge on any atom is -0.310 e. The largest absolute Gasteiger partial charge is 0.310 e. The Morgan fingerprint density at radius 1 is 1.18 bits per heavy atom. The second kappa shape index (κ2) is 4.59. The van der Waals surface area contributed by atoms with Gasteiger partial charge in [-0.05, 0) is 25.0 Å². The summed E-state index contributed by atoms with van der Waals surface area (Å²) in [6.45, 7) is 0.859. The summed E-state index contributed by atoms with van der Waals surface area (Å²) in [4.78, 5) is 12.8. The third kappa shape index (κ3) is 2.65. The highest BCUT2D eigenvalue weighted by Gasteiger charge is 2.19. The molecule has 1 aliphatic carbocycles. The predicted molar refractivity (Wildman–Crippen MR) is 65.1 cm³/mol. The summed E-state index contributed by atoms with van der Waals surface area (Å²) in [5.74, 6) is 0.730. The predicted octanol–water partition coefficient (Wildman–Crippen LogP) is 1.79. The molecule has 0 unspecified atom stereocenters. The first-order valence-corrected chi connectivity index (χ1v) is 5.86. The van der Waals surface area contributed by atoms with Crippen LogP contribution in [-0.2, 0) is 6.54 Å². The summed E-state index contributed by atoms with van der Waals surface area (Å²) in [6.07, 6.45) is 9.88. The third-order valence-corrected chi connectivity index (χ3v) is 2.80. The summed E-state index contributed by atoms with van der Waals surface area (Å²) in [5.41, 5.74) is 2.08. The maximum absolute atomic E-state index is 4.36. The zero-order chi connectivity index (χ0) is 11.5. The van der Waals surface area contributed by atoms with Crippen LogP contribution in [0.4, 0.5) is 0 Å². The van der Waals surface area contributed by atoms with Gasteiger partial charge in [0.2, 0.25) is 0 Å². The van der Waals surface area contributed by atoms with E-state index in [1.54, 1.807) is 12.4 Å². The fraction of sp³-hybridized carbons (Fsp3) is 0.308. The summed E-state index contributed by atoms with van der Waals surface area (Å²) in [6, 6.07) is 4.57. The lowest BCUT2D eigenvalue weighted by Crippen LogP contribution is -2.15. The second-order valence-corrected chi connectivity index (χ2v) is 4.31. The molecule has 0 radical (unpaired) electrons. The van der Waals surface area contributed by atoms with E-state index in [-0.39, 0.29) is 0 Å². The van der Waals surface area contributed by atoms with Crippen molar-refractivity contribution in [3.63, 3.8) is 0 Å². The lowest BCUT2D eigenvalue weighted by atomic mass is 10.2. The van der Waals surface area contributed by atoms with E-state index in [0.29, 0.717) is 6.04 Å². The number of hydrogen-bond donors (Lipinski definition) is 1. The molecule has 0 aliphatic heterocycles. The van der Waals surface area contributed by atoms with Crippen molar-refractivity contribution in [1.82, 2.24) is 20.3 Å². The molecule has 0 spiro atoms. The molecule has 86 valence electrons. The number of hydrogen-bond acceptors (Lipinski definition) is 4. The molecule has 0 atom stereocenters. The molecule has 0 bridgehead atoms. The van der Waals surface area contributed by atoms with Gasteiger partial charge in [-0.2, -0.15) is 0 Å². The summed E-state index contributed by atoms with van der Waals surface area (Å²) in [5, 5.41) is 3.44. The summed E-state index contributed by atoms with van der Waals surface area (Å²) in [7, 11) is 0. The van der Waals surface area contributed by atoms with Crippen molar-refractivity contribution in [2.45, 2.75) is 25.4 Å². The van der Waals surface area contributed by atoms with Crippen molar-refractivity contribution in [2.24, 2.45) is 0 Å². The molecule has 4 heteroatoms. The zero-order valence-corrected chi connectivity index (χ0v) is 9.50. The van der Waals surface area contributed by atoms with Gasteiger partial charge in [0.25, 0.3) is 0 Å². The minimum atomic E-state index is 0.716. The highest BCUT2D eigenvalue weighted by molar-refractivity contribution is 5.52. The van der Waals surface area contributed by atoms with E-state index < -0.39 is 0 Å². The van der Waals surface area contributed by atoms with Gasteiger partial charge in [0.1, 0.15) is 0 Å². The Balaban J connectivity index is 1.70. The number of pyridine rings is 1. The Kier molecular flexibility index (Phi) is 2.80. The van der Waals surface area contributed by atoms with Crippen molar-refractivity contribution in [3.05, 3.63) is 42.5 Å². The monoisotopic (exact) mass is 226 g/mol. The van der Waals surface area contributed by atoms with Gasteiger partial charge in [-0.1, -0.05) is 0 Å². The van der Waals surface area contributed by atoms with Gasteiger partial charge in [-0.15, -0.1) is 0 Å². The molecule has 4 nitrogen and oxygen atoms in total. The number of nitrogens with one attached hydrogen (secondary N) is 1. The van der Waals surface area contributed by atoms with Crippen LogP contribution in [0.1, 0.15) is 18.4 Å². The van der Waals surface area contributed by atoms with Gasteiger partial charge in [-0.3, -0.25) is 4.98 Å². The molecular formula is C13H14N4. The normalized spacial score (nSPS) is 14.8. The lowest BCUT2D eigenvalue weighted by Gasteiger charge is -2.03. The Morgan fingerprint density at radius 3 is 2.65 bits per heavy atom. The van der Waals surface area contributed by atoms with Crippen LogP contribution in [0.15, 0.2) is 36.9 Å². The first-order valence-electron chi connectivity index (χ1n) is 5.86. The van der Waals surface area contributed by atoms with Crippen molar-refractivity contribution in [1.29, 1.82) is 0 Å². The zero-order valence-electron chi connectivity index (χ0n) is 9.50. The Hall–Kier alpha value is -1.81. The number of rotatable bonds is 4. The molecule has 1 aliphatic rings. The molecule has 0 saturated heterocycles. The van der Waals surface area contributed by atoms with Gasteiger partial charge in [0, 0.05) is 48.5 Å². The molecule has 1 fully saturated rings. The van der Waals surface area contributed by atoms with Gasteiger partial charge < -0.3 is 5.32 Å². The first-order chi connectivity index (χ1) is 8.42. The van der Waals surface area contributed by atoms with E-state index in [1.165, 1.54) is 12.8 Å². The van der Waals surface area contributed by atoms with Crippen molar-refractivity contribution in [3.8, 4) is 11.4 Å². The maximum Gasteiger partial charge on any atom is 0.160 e. The quantitative estimate of drug-likeness (QED) is 0.863. The Bertz CT molecular complexity index is 477. The van der Waals surface area contributed by atoms with E-state index >= 15 is 0 Å². The van der Waals surface area contributed by atoms with Crippen molar-refractivity contribution >= 4 is 0 Å².